The predicted octanol–water partition coefficient (Wildman–Crippen LogP) is 4.28. The van der Waals surface area contributed by atoms with E-state index in [0.29, 0.717) is 48.0 Å². The van der Waals surface area contributed by atoms with Crippen molar-refractivity contribution in [1.82, 2.24) is 9.80 Å². The minimum absolute atomic E-state index is 0.0104. The van der Waals surface area contributed by atoms with Crippen LogP contribution in [0.3, 0.4) is 0 Å². The largest absolute Gasteiger partial charge is 0.367 e. The first-order valence-corrected chi connectivity index (χ1v) is 12.9. The van der Waals surface area contributed by atoms with Crippen molar-refractivity contribution in [2.45, 2.75) is 32.1 Å². The summed E-state index contributed by atoms with van der Waals surface area (Å²) >= 11 is 5.96. The topological polar surface area (TPSA) is 73.0 Å². The summed E-state index contributed by atoms with van der Waals surface area (Å²) in [5.74, 6) is 0.122. The highest BCUT2D eigenvalue weighted by Crippen LogP contribution is 2.31. The Labute approximate surface area is 211 Å². The summed E-state index contributed by atoms with van der Waals surface area (Å²) in [6, 6.07) is 12.6. The number of carbonyl (C=O) groups excluding carboxylic acids is 3. The van der Waals surface area contributed by atoms with Gasteiger partial charge in [-0.05, 0) is 68.1 Å². The molecule has 0 aromatic heterocycles. The molecule has 1 aliphatic carbocycles. The lowest BCUT2D eigenvalue weighted by atomic mass is 9.85. The first kappa shape index (κ1) is 23.7. The molecule has 2 aromatic carbocycles. The Bertz CT molecular complexity index is 1100. The molecule has 1 N–H and O–H groups in total. The second-order valence-corrected chi connectivity index (χ2v) is 10.1. The molecule has 2 saturated heterocycles. The van der Waals surface area contributed by atoms with Gasteiger partial charge in [0.2, 0.25) is 5.91 Å². The third kappa shape index (κ3) is 5.15. The maximum atomic E-state index is 13.4. The molecule has 8 heteroatoms. The number of hydrogen-bond acceptors (Lipinski definition) is 4. The third-order valence-corrected chi connectivity index (χ3v) is 7.61. The predicted molar refractivity (Wildman–Crippen MR) is 137 cm³/mol. The van der Waals surface area contributed by atoms with E-state index in [-0.39, 0.29) is 23.6 Å². The summed E-state index contributed by atoms with van der Waals surface area (Å²) in [7, 11) is 0. The van der Waals surface area contributed by atoms with Crippen molar-refractivity contribution < 1.29 is 14.4 Å². The molecule has 7 nitrogen and oxygen atoms in total. The lowest BCUT2D eigenvalue weighted by Crippen LogP contribution is -2.49. The van der Waals surface area contributed by atoms with Crippen LogP contribution in [0.25, 0.3) is 0 Å². The van der Waals surface area contributed by atoms with Crippen molar-refractivity contribution in [2.24, 2.45) is 5.92 Å². The Hall–Kier alpha value is -3.06. The fourth-order valence-corrected chi connectivity index (χ4v) is 5.12. The first-order chi connectivity index (χ1) is 17.0. The number of rotatable bonds is 5. The van der Waals surface area contributed by atoms with Crippen molar-refractivity contribution >= 4 is 40.7 Å². The molecule has 35 heavy (non-hydrogen) atoms. The highest BCUT2D eigenvalue weighted by atomic mass is 35.5. The van der Waals surface area contributed by atoms with E-state index in [9.17, 15) is 14.4 Å². The minimum Gasteiger partial charge on any atom is -0.367 e. The average Bonchev–Trinajstić information content (AvgIpc) is 3.38. The van der Waals surface area contributed by atoms with Crippen LogP contribution in [0.4, 0.5) is 11.4 Å². The summed E-state index contributed by atoms with van der Waals surface area (Å²) < 4.78 is 0. The van der Waals surface area contributed by atoms with Crippen molar-refractivity contribution in [3.05, 3.63) is 58.6 Å². The fourth-order valence-electron chi connectivity index (χ4n) is 4.99. The van der Waals surface area contributed by atoms with Crippen molar-refractivity contribution in [3.63, 3.8) is 0 Å². The van der Waals surface area contributed by atoms with Gasteiger partial charge in [0.05, 0.1) is 5.56 Å². The number of anilines is 2. The molecule has 3 aliphatic rings. The zero-order chi connectivity index (χ0) is 24.4. The Morgan fingerprint density at radius 3 is 2.06 bits per heavy atom. The summed E-state index contributed by atoms with van der Waals surface area (Å²) in [5.41, 5.74) is 2.78. The van der Waals surface area contributed by atoms with E-state index >= 15 is 0 Å². The number of nitrogens with one attached hydrogen (secondary N) is 1. The zero-order valence-electron chi connectivity index (χ0n) is 19.8. The van der Waals surface area contributed by atoms with Crippen molar-refractivity contribution in [2.75, 3.05) is 49.5 Å². The van der Waals surface area contributed by atoms with Crippen molar-refractivity contribution in [1.29, 1.82) is 0 Å². The van der Waals surface area contributed by atoms with Crippen LogP contribution in [0.1, 0.15) is 52.8 Å². The number of nitrogens with zero attached hydrogens (tertiary/aromatic N) is 3. The SMILES string of the molecule is O=C(Nc1ccc(N2CCN(C(=O)c3ccc(Cl)cc3)CC2)c(C(=O)N2CCCC2)c1)C1CCC1. The van der Waals surface area contributed by atoms with Gasteiger partial charge in [-0.3, -0.25) is 14.4 Å². The lowest BCUT2D eigenvalue weighted by Gasteiger charge is -2.37. The Morgan fingerprint density at radius 2 is 1.43 bits per heavy atom. The Kier molecular flexibility index (Phi) is 6.95. The number of benzene rings is 2. The molecule has 184 valence electrons. The maximum absolute atomic E-state index is 13.4. The molecule has 3 fully saturated rings. The van der Waals surface area contributed by atoms with E-state index in [4.69, 9.17) is 11.6 Å². The maximum Gasteiger partial charge on any atom is 0.256 e. The molecule has 2 aliphatic heterocycles. The molecule has 1 saturated carbocycles. The van der Waals surface area contributed by atoms with Gasteiger partial charge in [0.15, 0.2) is 0 Å². The molecule has 2 heterocycles. The normalized spacial score (nSPS) is 18.4. The van der Waals surface area contributed by atoms with Gasteiger partial charge in [-0.2, -0.15) is 0 Å². The number of halogens is 1. The van der Waals surface area contributed by atoms with E-state index in [1.54, 1.807) is 24.3 Å². The van der Waals surface area contributed by atoms with Crippen LogP contribution in [0.15, 0.2) is 42.5 Å². The summed E-state index contributed by atoms with van der Waals surface area (Å²) in [5, 5.41) is 3.62. The van der Waals surface area contributed by atoms with E-state index in [1.807, 2.05) is 28.0 Å². The van der Waals surface area contributed by atoms with Crippen LogP contribution in [0, 0.1) is 5.92 Å². The molecule has 0 unspecified atom stereocenters. The molecule has 2 aromatic rings. The smallest absolute Gasteiger partial charge is 0.256 e. The van der Waals surface area contributed by atoms with E-state index in [2.05, 4.69) is 10.2 Å². The van der Waals surface area contributed by atoms with Gasteiger partial charge in [0, 0.05) is 67.1 Å². The quantitative estimate of drug-likeness (QED) is 0.673. The number of piperazine rings is 1. The molecular weight excluding hydrogens is 464 g/mol. The molecular formula is C27H31ClN4O3. The highest BCUT2D eigenvalue weighted by Gasteiger charge is 2.29. The molecule has 0 atom stereocenters. The minimum atomic E-state index is -0.0104. The van der Waals surface area contributed by atoms with Gasteiger partial charge in [-0.25, -0.2) is 0 Å². The van der Waals surface area contributed by atoms with E-state index in [0.717, 1.165) is 50.9 Å². The second-order valence-electron chi connectivity index (χ2n) is 9.63. The van der Waals surface area contributed by atoms with Crippen molar-refractivity contribution in [3.8, 4) is 0 Å². The zero-order valence-corrected chi connectivity index (χ0v) is 20.6. The summed E-state index contributed by atoms with van der Waals surface area (Å²) in [4.78, 5) is 44.8. The van der Waals surface area contributed by atoms with Gasteiger partial charge < -0.3 is 20.0 Å². The molecule has 3 amide bonds. The third-order valence-electron chi connectivity index (χ3n) is 7.36. The Balaban J connectivity index is 1.32. The van der Waals surface area contributed by atoms with Gasteiger partial charge in [0.1, 0.15) is 0 Å². The van der Waals surface area contributed by atoms with Crippen LogP contribution in [0.5, 0.6) is 0 Å². The second kappa shape index (κ2) is 10.3. The van der Waals surface area contributed by atoms with Crippen LogP contribution in [0.2, 0.25) is 5.02 Å². The van der Waals surface area contributed by atoms with Gasteiger partial charge in [-0.1, -0.05) is 18.0 Å². The highest BCUT2D eigenvalue weighted by molar-refractivity contribution is 6.30. The molecule has 0 spiro atoms. The Morgan fingerprint density at radius 1 is 0.771 bits per heavy atom. The lowest BCUT2D eigenvalue weighted by molar-refractivity contribution is -0.122. The van der Waals surface area contributed by atoms with Crippen LogP contribution in [-0.2, 0) is 4.79 Å². The fraction of sp³-hybridized carbons (Fsp3) is 0.444. The summed E-state index contributed by atoms with van der Waals surface area (Å²) in [6.45, 7) is 3.93. The van der Waals surface area contributed by atoms with Gasteiger partial charge in [-0.15, -0.1) is 0 Å². The van der Waals surface area contributed by atoms with E-state index in [1.165, 1.54) is 0 Å². The summed E-state index contributed by atoms with van der Waals surface area (Å²) in [6.07, 6.45) is 5.00. The standard InChI is InChI=1S/C27H31ClN4O3/c28-21-8-6-20(7-9-21)26(34)32-16-14-30(15-17-32)24-11-10-22(29-25(33)19-4-3-5-19)18-23(24)27(35)31-12-1-2-13-31/h6-11,18-19H,1-5,12-17H2,(H,29,33). The molecule has 5 rings (SSSR count). The number of carbonyl (C=O) groups is 3. The first-order valence-electron chi connectivity index (χ1n) is 12.5. The van der Waals surface area contributed by atoms with E-state index < -0.39 is 0 Å². The van der Waals surface area contributed by atoms with Crippen LogP contribution < -0.4 is 10.2 Å². The number of likely N-dealkylation sites (tertiary alicyclic amines) is 1. The average molecular weight is 495 g/mol. The van der Waals surface area contributed by atoms with Crippen LogP contribution >= 0.6 is 11.6 Å². The van der Waals surface area contributed by atoms with Gasteiger partial charge >= 0.3 is 0 Å². The number of amides is 3. The molecule has 0 bridgehead atoms. The van der Waals surface area contributed by atoms with Gasteiger partial charge in [0.25, 0.3) is 11.8 Å². The monoisotopic (exact) mass is 494 g/mol. The molecule has 0 radical (unpaired) electrons. The van der Waals surface area contributed by atoms with Crippen LogP contribution in [-0.4, -0.2) is 66.8 Å². The number of hydrogen-bond donors (Lipinski definition) is 1.